The number of phenolic OH excluding ortho intramolecular Hbond substituents is 1. The molecule has 9 heteroatoms. The maximum absolute atomic E-state index is 13.5. The maximum atomic E-state index is 13.5. The van der Waals surface area contributed by atoms with E-state index in [-0.39, 0.29) is 29.7 Å². The van der Waals surface area contributed by atoms with E-state index in [1.54, 1.807) is 6.07 Å². The lowest BCUT2D eigenvalue weighted by Crippen LogP contribution is -2.66. The molecule has 0 spiro atoms. The maximum Gasteiger partial charge on any atom is 0.230 e. The molecule has 3 aliphatic carbocycles. The van der Waals surface area contributed by atoms with Gasteiger partial charge in [0, 0.05) is 24.6 Å². The Balaban J connectivity index is 1.50. The number of aliphatic hydroxyl groups excluding tert-OH is 2. The average molecular weight is 493 g/mol. The summed E-state index contributed by atoms with van der Waals surface area (Å²) < 4.78 is 0. The molecule has 0 bridgehead atoms. The van der Waals surface area contributed by atoms with Crippen LogP contribution in [0.5, 0.6) is 5.75 Å². The summed E-state index contributed by atoms with van der Waals surface area (Å²) in [6, 6.07) is 13.0. The Bertz CT molecular complexity index is 1290. The van der Waals surface area contributed by atoms with Crippen molar-refractivity contribution in [2.45, 2.75) is 44.1 Å². The van der Waals surface area contributed by atoms with Gasteiger partial charge in [-0.05, 0) is 47.9 Å². The van der Waals surface area contributed by atoms with Crippen LogP contribution < -0.4 is 11.1 Å². The zero-order valence-corrected chi connectivity index (χ0v) is 19.5. The molecule has 2 aromatic carbocycles. The Hall–Kier alpha value is -3.53. The number of hydrogen-bond acceptors (Lipinski definition) is 8. The van der Waals surface area contributed by atoms with Crippen LogP contribution >= 0.6 is 0 Å². The number of amides is 1. The molecule has 0 heterocycles. The Morgan fingerprint density at radius 2 is 1.78 bits per heavy atom. The van der Waals surface area contributed by atoms with Gasteiger partial charge >= 0.3 is 0 Å². The number of fused-ring (bicyclic) bond motifs is 3. The summed E-state index contributed by atoms with van der Waals surface area (Å²) in [6.45, 7) is 1.06. The Morgan fingerprint density at radius 1 is 1.06 bits per heavy atom. The van der Waals surface area contributed by atoms with Crippen molar-refractivity contribution in [3.63, 3.8) is 0 Å². The molecule has 2 unspecified atom stereocenters. The van der Waals surface area contributed by atoms with Crippen LogP contribution in [-0.4, -0.2) is 49.6 Å². The van der Waals surface area contributed by atoms with Gasteiger partial charge in [-0.1, -0.05) is 36.4 Å². The molecule has 0 saturated heterocycles. The third kappa shape index (κ3) is 3.62. The number of carbonyl (C=O) groups excluding carboxylic acids is 3. The largest absolute Gasteiger partial charge is 0.507 e. The summed E-state index contributed by atoms with van der Waals surface area (Å²) in [5.74, 6) is -7.12. The highest BCUT2D eigenvalue weighted by Crippen LogP contribution is 2.51. The minimum Gasteiger partial charge on any atom is -0.507 e. The lowest BCUT2D eigenvalue weighted by Gasteiger charge is -2.48. The van der Waals surface area contributed by atoms with E-state index in [1.807, 2.05) is 30.3 Å². The molecule has 5 rings (SSSR count). The van der Waals surface area contributed by atoms with E-state index < -0.39 is 52.7 Å². The number of Topliss-reactive ketones (excluding diaryl/α,β-unsaturated/α-hetero) is 2. The van der Waals surface area contributed by atoms with Crippen molar-refractivity contribution in [3.05, 3.63) is 70.3 Å². The molecule has 9 nitrogen and oxygen atoms in total. The van der Waals surface area contributed by atoms with Gasteiger partial charge in [-0.3, -0.25) is 14.4 Å². The number of ketones is 2. The van der Waals surface area contributed by atoms with Crippen molar-refractivity contribution in [2.24, 2.45) is 23.5 Å². The van der Waals surface area contributed by atoms with Gasteiger partial charge in [0.05, 0.1) is 11.7 Å². The molecule has 3 aliphatic rings. The quantitative estimate of drug-likeness (QED) is 0.334. The SMILES string of the molecule is NC(=O)C1C(=O)[C@@]2(O)C(=O)C3=C(O)c4c(O)ccc(CNCc5ccccc5)c4C[C@H]3C[C@H]2CC1O. The molecule has 188 valence electrons. The molecule has 2 saturated carbocycles. The lowest BCUT2D eigenvalue weighted by atomic mass is 9.56. The number of hydrogen-bond donors (Lipinski definition) is 6. The van der Waals surface area contributed by atoms with Crippen LogP contribution in [0.3, 0.4) is 0 Å². The number of carbonyl (C=O) groups is 3. The first-order chi connectivity index (χ1) is 17.1. The Kier molecular flexibility index (Phi) is 5.94. The zero-order chi connectivity index (χ0) is 25.8. The van der Waals surface area contributed by atoms with Crippen LogP contribution in [0.2, 0.25) is 0 Å². The second-order valence-corrected chi connectivity index (χ2v) is 9.93. The van der Waals surface area contributed by atoms with E-state index in [0.29, 0.717) is 25.1 Å². The average Bonchev–Trinajstić information content (AvgIpc) is 2.83. The minimum atomic E-state index is -2.57. The zero-order valence-electron chi connectivity index (χ0n) is 19.5. The first kappa shape index (κ1) is 24.2. The van der Waals surface area contributed by atoms with Crippen LogP contribution in [0, 0.1) is 17.8 Å². The molecule has 2 fully saturated rings. The summed E-state index contributed by atoms with van der Waals surface area (Å²) in [6.07, 6.45) is -1.11. The third-order valence-corrected chi connectivity index (χ3v) is 7.85. The van der Waals surface area contributed by atoms with Gasteiger partial charge in [0.15, 0.2) is 11.4 Å². The van der Waals surface area contributed by atoms with Crippen molar-refractivity contribution >= 4 is 23.2 Å². The summed E-state index contributed by atoms with van der Waals surface area (Å²) in [7, 11) is 0. The van der Waals surface area contributed by atoms with Gasteiger partial charge in [-0.25, -0.2) is 0 Å². The molecule has 0 aromatic heterocycles. The van der Waals surface area contributed by atoms with Gasteiger partial charge < -0.3 is 31.5 Å². The van der Waals surface area contributed by atoms with Crippen LogP contribution in [-0.2, 0) is 33.9 Å². The smallest absolute Gasteiger partial charge is 0.230 e. The fraction of sp³-hybridized carbons (Fsp3) is 0.370. The number of aromatic hydroxyl groups is 1. The molecule has 0 radical (unpaired) electrons. The number of nitrogens with one attached hydrogen (secondary N) is 1. The number of nitrogens with two attached hydrogens (primary N) is 1. The predicted molar refractivity (Wildman–Crippen MR) is 128 cm³/mol. The first-order valence-electron chi connectivity index (χ1n) is 11.9. The monoisotopic (exact) mass is 492 g/mol. The van der Waals surface area contributed by atoms with Crippen molar-refractivity contribution in [1.29, 1.82) is 0 Å². The topological polar surface area (TPSA) is 170 Å². The van der Waals surface area contributed by atoms with Crippen LogP contribution in [0.4, 0.5) is 0 Å². The van der Waals surface area contributed by atoms with Gasteiger partial charge in [0.25, 0.3) is 0 Å². The molecule has 7 N–H and O–H groups in total. The standard InChI is InChI=1S/C27H28N2O7/c28-26(35)22-19(31)10-16-8-15-9-17-14(12-29-11-13-4-2-1-3-5-13)6-7-18(30)21(17)23(32)20(15)24(33)27(16,36)25(22)34/h1-7,15-16,19,22,29-32,36H,8-12H2,(H2,28,35)/t15-,16+,19?,22?,27+/m1/s1. The van der Waals surface area contributed by atoms with E-state index in [4.69, 9.17) is 5.73 Å². The first-order valence-corrected chi connectivity index (χ1v) is 11.9. The summed E-state index contributed by atoms with van der Waals surface area (Å²) in [5.41, 5.74) is 5.28. The number of benzene rings is 2. The number of aliphatic hydroxyl groups is 3. The molecule has 1 amide bonds. The fourth-order valence-corrected chi connectivity index (χ4v) is 6.09. The molecular weight excluding hydrogens is 464 g/mol. The Morgan fingerprint density at radius 3 is 2.47 bits per heavy atom. The van der Waals surface area contributed by atoms with E-state index >= 15 is 0 Å². The van der Waals surface area contributed by atoms with Crippen molar-refractivity contribution < 1.29 is 34.8 Å². The van der Waals surface area contributed by atoms with Crippen LogP contribution in [0.1, 0.15) is 35.1 Å². The lowest BCUT2D eigenvalue weighted by molar-refractivity contribution is -0.174. The highest BCUT2D eigenvalue weighted by atomic mass is 16.3. The summed E-state index contributed by atoms with van der Waals surface area (Å²) in [4.78, 5) is 38.4. The number of phenols is 1. The van der Waals surface area contributed by atoms with E-state index in [1.165, 1.54) is 6.07 Å². The number of primary amides is 1. The van der Waals surface area contributed by atoms with Crippen molar-refractivity contribution in [1.82, 2.24) is 5.32 Å². The van der Waals surface area contributed by atoms with Crippen LogP contribution in [0.15, 0.2) is 48.0 Å². The highest BCUT2D eigenvalue weighted by molar-refractivity contribution is 6.24. The van der Waals surface area contributed by atoms with Gasteiger partial charge in [-0.2, -0.15) is 0 Å². The second kappa shape index (κ2) is 8.85. The summed E-state index contributed by atoms with van der Waals surface area (Å²) >= 11 is 0. The molecule has 5 atom stereocenters. The molecule has 2 aromatic rings. The normalized spacial score (nSPS) is 29.4. The minimum absolute atomic E-state index is 0.102. The van der Waals surface area contributed by atoms with Gasteiger partial charge in [-0.15, -0.1) is 0 Å². The molecular formula is C27H28N2O7. The number of rotatable bonds is 5. The van der Waals surface area contributed by atoms with Crippen molar-refractivity contribution in [2.75, 3.05) is 0 Å². The van der Waals surface area contributed by atoms with Crippen LogP contribution in [0.25, 0.3) is 5.76 Å². The Labute approximate surface area is 207 Å². The van der Waals surface area contributed by atoms with E-state index in [2.05, 4.69) is 5.32 Å². The van der Waals surface area contributed by atoms with Crippen molar-refractivity contribution in [3.8, 4) is 5.75 Å². The third-order valence-electron chi connectivity index (χ3n) is 7.85. The molecule has 36 heavy (non-hydrogen) atoms. The fourth-order valence-electron chi connectivity index (χ4n) is 6.09. The van der Waals surface area contributed by atoms with E-state index in [0.717, 1.165) is 11.1 Å². The highest BCUT2D eigenvalue weighted by Gasteiger charge is 2.63. The predicted octanol–water partition coefficient (Wildman–Crippen LogP) is 0.879. The van der Waals surface area contributed by atoms with Gasteiger partial charge in [0.1, 0.15) is 17.4 Å². The second-order valence-electron chi connectivity index (χ2n) is 9.93. The molecule has 0 aliphatic heterocycles. The summed E-state index contributed by atoms with van der Waals surface area (Å²) in [5, 5.41) is 46.8. The van der Waals surface area contributed by atoms with E-state index in [9.17, 15) is 34.8 Å². The van der Waals surface area contributed by atoms with Gasteiger partial charge in [0.2, 0.25) is 11.7 Å².